The fourth-order valence-electron chi connectivity index (χ4n) is 3.74. The molecule has 0 fully saturated rings. The number of benzene rings is 2. The van der Waals surface area contributed by atoms with Crippen LogP contribution in [0.15, 0.2) is 71.5 Å². The third-order valence-electron chi connectivity index (χ3n) is 5.32. The van der Waals surface area contributed by atoms with Crippen LogP contribution in [0.2, 0.25) is 10.2 Å². The van der Waals surface area contributed by atoms with E-state index in [1.54, 1.807) is 30.6 Å². The largest absolute Gasteiger partial charge is 0.494 e. The smallest absolute Gasteiger partial charge is 0.258 e. The van der Waals surface area contributed by atoms with E-state index < -0.39 is 5.78 Å². The van der Waals surface area contributed by atoms with E-state index in [9.17, 15) is 4.79 Å². The first-order chi connectivity index (χ1) is 16.5. The van der Waals surface area contributed by atoms with Crippen molar-refractivity contribution in [2.75, 3.05) is 6.61 Å². The molecule has 0 radical (unpaired) electrons. The Morgan fingerprint density at radius 1 is 1.06 bits per heavy atom. The summed E-state index contributed by atoms with van der Waals surface area (Å²) in [6.07, 6.45) is 3.22. The van der Waals surface area contributed by atoms with Crippen LogP contribution < -0.4 is 4.74 Å². The number of fused-ring (bicyclic) bond motifs is 1. The summed E-state index contributed by atoms with van der Waals surface area (Å²) >= 11 is 12.8. The van der Waals surface area contributed by atoms with Gasteiger partial charge in [0.15, 0.2) is 0 Å². The summed E-state index contributed by atoms with van der Waals surface area (Å²) < 4.78 is 12.9. The number of rotatable bonds is 7. The van der Waals surface area contributed by atoms with Gasteiger partial charge in [0.2, 0.25) is 11.6 Å². The van der Waals surface area contributed by atoms with E-state index >= 15 is 0 Å². The van der Waals surface area contributed by atoms with E-state index in [1.165, 1.54) is 0 Å². The molecule has 0 amide bonds. The average molecular weight is 493 g/mol. The Morgan fingerprint density at radius 3 is 2.56 bits per heavy atom. The van der Waals surface area contributed by atoms with Crippen LogP contribution in [-0.4, -0.2) is 32.1 Å². The summed E-state index contributed by atoms with van der Waals surface area (Å²) in [6, 6.07) is 16.5. The number of ether oxygens (including phenoxy) is 1. The monoisotopic (exact) mass is 492 g/mol. The number of carbonyl (C=O) groups excluding carboxylic acids is 1. The van der Waals surface area contributed by atoms with Crippen molar-refractivity contribution in [1.29, 1.82) is 0 Å². The van der Waals surface area contributed by atoms with Crippen LogP contribution in [0.25, 0.3) is 22.4 Å². The van der Waals surface area contributed by atoms with Crippen molar-refractivity contribution >= 4 is 39.9 Å². The van der Waals surface area contributed by atoms with Gasteiger partial charge in [-0.1, -0.05) is 40.5 Å². The molecule has 0 spiro atoms. The number of ketones is 1. The summed E-state index contributed by atoms with van der Waals surface area (Å²) in [5.74, 6) is 0.334. The maximum atomic E-state index is 13.6. The Hall–Kier alpha value is -3.68. The summed E-state index contributed by atoms with van der Waals surface area (Å²) in [5, 5.41) is 5.47. The van der Waals surface area contributed by atoms with Crippen molar-refractivity contribution < 1.29 is 14.1 Å². The maximum absolute atomic E-state index is 13.6. The van der Waals surface area contributed by atoms with Crippen molar-refractivity contribution in [2.24, 2.45) is 0 Å². The van der Waals surface area contributed by atoms with Crippen LogP contribution in [0.1, 0.15) is 28.7 Å². The highest BCUT2D eigenvalue weighted by atomic mass is 35.5. The molecule has 170 valence electrons. The Morgan fingerprint density at radius 2 is 1.82 bits per heavy atom. The standard InChI is InChI=1S/C25H18Cl2N4O3/c1-2-33-18-7-8-20-19(13-18)21(23(27)31(20)14-15-3-5-17(26)6-4-15)22(32)24-29-25(34-30-24)16-9-11-28-12-10-16/h3-13H,2,14H2,1H3. The fraction of sp³-hybridized carbons (Fsp3) is 0.120. The molecule has 3 aromatic heterocycles. The van der Waals surface area contributed by atoms with Gasteiger partial charge in [-0.05, 0) is 55.0 Å². The Bertz CT molecular complexity index is 1480. The first-order valence-corrected chi connectivity index (χ1v) is 11.3. The second kappa shape index (κ2) is 9.29. The minimum atomic E-state index is -0.442. The lowest BCUT2D eigenvalue weighted by Gasteiger charge is -2.08. The normalized spacial score (nSPS) is 11.1. The van der Waals surface area contributed by atoms with Gasteiger partial charge in [-0.25, -0.2) is 0 Å². The van der Waals surface area contributed by atoms with Gasteiger partial charge < -0.3 is 13.8 Å². The third-order valence-corrected chi connectivity index (χ3v) is 5.96. The zero-order valence-corrected chi connectivity index (χ0v) is 19.5. The molecule has 0 aliphatic rings. The van der Waals surface area contributed by atoms with Gasteiger partial charge in [0.25, 0.3) is 5.89 Å². The number of carbonyl (C=O) groups is 1. The van der Waals surface area contributed by atoms with Crippen LogP contribution in [0.3, 0.4) is 0 Å². The second-order valence-electron chi connectivity index (χ2n) is 7.48. The highest BCUT2D eigenvalue weighted by Crippen LogP contribution is 2.35. The van der Waals surface area contributed by atoms with Crippen molar-refractivity contribution in [1.82, 2.24) is 19.7 Å². The van der Waals surface area contributed by atoms with Crippen LogP contribution in [0.4, 0.5) is 0 Å². The van der Waals surface area contributed by atoms with E-state index in [2.05, 4.69) is 15.1 Å². The summed E-state index contributed by atoms with van der Waals surface area (Å²) in [7, 11) is 0. The second-order valence-corrected chi connectivity index (χ2v) is 8.27. The van der Waals surface area contributed by atoms with Crippen molar-refractivity contribution in [3.05, 3.63) is 94.1 Å². The number of pyridine rings is 1. The van der Waals surface area contributed by atoms with Crippen molar-refractivity contribution in [2.45, 2.75) is 13.5 Å². The number of hydrogen-bond donors (Lipinski definition) is 0. The number of aromatic nitrogens is 4. The highest BCUT2D eigenvalue weighted by Gasteiger charge is 2.27. The topological polar surface area (TPSA) is 83.0 Å². The molecular weight excluding hydrogens is 475 g/mol. The molecule has 0 unspecified atom stereocenters. The molecule has 0 aliphatic carbocycles. The van der Waals surface area contributed by atoms with Crippen LogP contribution in [0, 0.1) is 0 Å². The Balaban J connectivity index is 1.61. The number of halogens is 2. The number of hydrogen-bond acceptors (Lipinski definition) is 6. The Kier molecular flexibility index (Phi) is 6.04. The molecule has 0 saturated carbocycles. The van der Waals surface area contributed by atoms with Gasteiger partial charge in [0.1, 0.15) is 10.9 Å². The first-order valence-electron chi connectivity index (χ1n) is 10.5. The van der Waals surface area contributed by atoms with Gasteiger partial charge in [0.05, 0.1) is 17.7 Å². The molecule has 0 saturated heterocycles. The van der Waals surface area contributed by atoms with Gasteiger partial charge >= 0.3 is 0 Å². The SMILES string of the molecule is CCOc1ccc2c(c1)c(C(=O)c1noc(-c3ccncc3)n1)c(Cl)n2Cc1ccc(Cl)cc1. The summed E-state index contributed by atoms with van der Waals surface area (Å²) in [5.41, 5.74) is 2.71. The molecule has 0 N–H and O–H groups in total. The molecule has 2 aromatic carbocycles. The third kappa shape index (κ3) is 4.16. The highest BCUT2D eigenvalue weighted by molar-refractivity contribution is 6.37. The predicted molar refractivity (Wildman–Crippen MR) is 130 cm³/mol. The van der Waals surface area contributed by atoms with Crippen LogP contribution >= 0.6 is 23.2 Å². The molecular formula is C25H18Cl2N4O3. The first kappa shape index (κ1) is 22.1. The molecule has 9 heteroatoms. The molecule has 0 bridgehead atoms. The lowest BCUT2D eigenvalue weighted by atomic mass is 10.1. The number of nitrogens with zero attached hydrogens (tertiary/aromatic N) is 4. The van der Waals surface area contributed by atoms with E-state index in [4.69, 9.17) is 32.5 Å². The van der Waals surface area contributed by atoms with Crippen molar-refractivity contribution in [3.63, 3.8) is 0 Å². The van der Waals surface area contributed by atoms with E-state index in [0.717, 1.165) is 11.1 Å². The molecule has 3 heterocycles. The minimum Gasteiger partial charge on any atom is -0.494 e. The summed E-state index contributed by atoms with van der Waals surface area (Å²) in [4.78, 5) is 21.8. The lowest BCUT2D eigenvalue weighted by molar-refractivity contribution is 0.102. The van der Waals surface area contributed by atoms with Gasteiger partial charge in [0, 0.05) is 34.9 Å². The van der Waals surface area contributed by atoms with Crippen LogP contribution in [-0.2, 0) is 6.54 Å². The summed E-state index contributed by atoms with van der Waals surface area (Å²) in [6.45, 7) is 2.84. The molecule has 0 atom stereocenters. The van der Waals surface area contributed by atoms with E-state index in [1.807, 2.05) is 47.9 Å². The molecule has 7 nitrogen and oxygen atoms in total. The molecule has 0 aliphatic heterocycles. The minimum absolute atomic E-state index is 0.0823. The van der Waals surface area contributed by atoms with Crippen molar-refractivity contribution in [3.8, 4) is 17.2 Å². The molecule has 5 rings (SSSR count). The van der Waals surface area contributed by atoms with E-state index in [0.29, 0.717) is 34.9 Å². The van der Waals surface area contributed by atoms with E-state index in [-0.39, 0.29) is 22.4 Å². The zero-order valence-electron chi connectivity index (χ0n) is 18.0. The molecule has 34 heavy (non-hydrogen) atoms. The zero-order chi connectivity index (χ0) is 23.7. The molecule has 5 aromatic rings. The van der Waals surface area contributed by atoms with Gasteiger partial charge in [-0.3, -0.25) is 9.78 Å². The fourth-order valence-corrected chi connectivity index (χ4v) is 4.21. The van der Waals surface area contributed by atoms with Gasteiger partial charge in [-0.2, -0.15) is 4.98 Å². The lowest BCUT2D eigenvalue weighted by Crippen LogP contribution is -2.05. The quantitative estimate of drug-likeness (QED) is 0.256. The predicted octanol–water partition coefficient (Wildman–Crippen LogP) is 6.07. The van der Waals surface area contributed by atoms with Crippen LogP contribution in [0.5, 0.6) is 5.75 Å². The Labute approximate surface area is 204 Å². The maximum Gasteiger partial charge on any atom is 0.258 e. The van der Waals surface area contributed by atoms with Gasteiger partial charge in [-0.15, -0.1) is 0 Å². The average Bonchev–Trinajstić information content (AvgIpc) is 3.45.